The highest BCUT2D eigenvalue weighted by Gasteiger charge is 2.30. The summed E-state index contributed by atoms with van der Waals surface area (Å²) in [5, 5.41) is -0.376. The molecule has 1 aromatic rings. The molecule has 0 aromatic heterocycles. The lowest BCUT2D eigenvalue weighted by Crippen LogP contribution is -2.21. The smallest absolute Gasteiger partial charge is 0.183 e. The van der Waals surface area contributed by atoms with Crippen molar-refractivity contribution in [3.05, 3.63) is 28.7 Å². The van der Waals surface area contributed by atoms with E-state index in [9.17, 15) is 8.42 Å². The predicted molar refractivity (Wildman–Crippen MR) is 60.6 cm³/mol. The van der Waals surface area contributed by atoms with Crippen molar-refractivity contribution in [2.24, 2.45) is 0 Å². The molecule has 3 nitrogen and oxygen atoms in total. The average molecular weight is 291 g/mol. The molecule has 1 aliphatic heterocycles. The highest BCUT2D eigenvalue weighted by atomic mass is 79.9. The third kappa shape index (κ3) is 2.24. The Morgan fingerprint density at radius 1 is 1.27 bits per heavy atom. The molecule has 1 heterocycles. The van der Waals surface area contributed by atoms with Crippen molar-refractivity contribution in [3.63, 3.8) is 0 Å². The third-order valence-corrected chi connectivity index (χ3v) is 5.18. The Morgan fingerprint density at radius 2 is 1.93 bits per heavy atom. The van der Waals surface area contributed by atoms with Crippen molar-refractivity contribution in [2.45, 2.75) is 16.6 Å². The zero-order valence-corrected chi connectivity index (χ0v) is 10.4. The minimum absolute atomic E-state index is 0.318. The maximum atomic E-state index is 12.1. The highest BCUT2D eigenvalue weighted by molar-refractivity contribution is 9.10. The molecule has 0 bridgehead atoms. The summed E-state index contributed by atoms with van der Waals surface area (Å²) in [6.45, 7) is 0.860. The van der Waals surface area contributed by atoms with Crippen LogP contribution in [-0.2, 0) is 14.6 Å². The van der Waals surface area contributed by atoms with Crippen LogP contribution in [0.2, 0.25) is 0 Å². The van der Waals surface area contributed by atoms with E-state index in [4.69, 9.17) is 4.74 Å². The Hall–Kier alpha value is -0.390. The number of hydrogen-bond donors (Lipinski definition) is 0. The lowest BCUT2D eigenvalue weighted by atomic mass is 10.4. The van der Waals surface area contributed by atoms with Crippen LogP contribution in [0.3, 0.4) is 0 Å². The molecule has 15 heavy (non-hydrogen) atoms. The van der Waals surface area contributed by atoms with Gasteiger partial charge in [-0.15, -0.1) is 0 Å². The van der Waals surface area contributed by atoms with E-state index in [2.05, 4.69) is 15.9 Å². The Bertz CT molecular complexity index is 432. The van der Waals surface area contributed by atoms with Gasteiger partial charge in [0.15, 0.2) is 9.84 Å². The Morgan fingerprint density at radius 3 is 2.47 bits per heavy atom. The largest absolute Gasteiger partial charge is 0.380 e. The fourth-order valence-electron chi connectivity index (χ4n) is 1.57. The highest BCUT2D eigenvalue weighted by Crippen LogP contribution is 2.23. The van der Waals surface area contributed by atoms with Crippen LogP contribution in [0.4, 0.5) is 0 Å². The predicted octanol–water partition coefficient (Wildman–Crippen LogP) is 2.01. The molecule has 0 amide bonds. The van der Waals surface area contributed by atoms with Gasteiger partial charge in [-0.2, -0.15) is 0 Å². The molecule has 0 spiro atoms. The van der Waals surface area contributed by atoms with Gasteiger partial charge in [-0.25, -0.2) is 8.42 Å². The first-order valence-electron chi connectivity index (χ1n) is 4.68. The molecule has 0 radical (unpaired) electrons. The minimum Gasteiger partial charge on any atom is -0.380 e. The van der Waals surface area contributed by atoms with Crippen molar-refractivity contribution >= 4 is 25.8 Å². The van der Waals surface area contributed by atoms with E-state index in [0.29, 0.717) is 24.5 Å². The first-order chi connectivity index (χ1) is 7.10. The number of sulfone groups is 1. The molecule has 0 N–H and O–H groups in total. The van der Waals surface area contributed by atoms with Gasteiger partial charge in [-0.3, -0.25) is 0 Å². The second-order valence-corrected chi connectivity index (χ2v) is 6.63. The lowest BCUT2D eigenvalue weighted by molar-refractivity contribution is 0.198. The SMILES string of the molecule is O=S(=O)(c1ccc(Br)cc1)C1CCOC1. The summed E-state index contributed by atoms with van der Waals surface area (Å²) in [6.07, 6.45) is 0.596. The molecular weight excluding hydrogens is 280 g/mol. The van der Waals surface area contributed by atoms with Crippen LogP contribution in [0.25, 0.3) is 0 Å². The van der Waals surface area contributed by atoms with Crippen molar-refractivity contribution < 1.29 is 13.2 Å². The van der Waals surface area contributed by atoms with Gasteiger partial charge in [0.05, 0.1) is 16.8 Å². The zero-order valence-electron chi connectivity index (χ0n) is 8.02. The second-order valence-electron chi connectivity index (χ2n) is 3.48. The molecule has 1 aromatic carbocycles. The molecule has 1 fully saturated rings. The lowest BCUT2D eigenvalue weighted by Gasteiger charge is -2.09. The Labute approximate surface area is 97.5 Å². The van der Waals surface area contributed by atoms with Gasteiger partial charge in [-0.1, -0.05) is 15.9 Å². The van der Waals surface area contributed by atoms with Crippen LogP contribution in [0.1, 0.15) is 6.42 Å². The third-order valence-electron chi connectivity index (χ3n) is 2.47. The quantitative estimate of drug-likeness (QED) is 0.837. The van der Waals surface area contributed by atoms with Gasteiger partial charge in [0, 0.05) is 11.1 Å². The van der Waals surface area contributed by atoms with E-state index >= 15 is 0 Å². The number of benzene rings is 1. The van der Waals surface area contributed by atoms with Crippen molar-refractivity contribution in [2.75, 3.05) is 13.2 Å². The van der Waals surface area contributed by atoms with Crippen LogP contribution < -0.4 is 0 Å². The summed E-state index contributed by atoms with van der Waals surface area (Å²) < 4.78 is 30.1. The average Bonchev–Trinajstić information content (AvgIpc) is 2.71. The Balaban J connectivity index is 2.32. The summed E-state index contributed by atoms with van der Waals surface area (Å²) in [5.74, 6) is 0. The molecular formula is C10H11BrO3S. The number of ether oxygens (including phenoxy) is 1. The molecule has 1 aliphatic rings. The number of halogens is 1. The van der Waals surface area contributed by atoms with Crippen LogP contribution >= 0.6 is 15.9 Å². The van der Waals surface area contributed by atoms with Crippen molar-refractivity contribution in [1.82, 2.24) is 0 Å². The van der Waals surface area contributed by atoms with Crippen molar-refractivity contribution in [3.8, 4) is 0 Å². The molecule has 2 rings (SSSR count). The molecule has 0 aliphatic carbocycles. The summed E-state index contributed by atoms with van der Waals surface area (Å²) >= 11 is 3.28. The van der Waals surface area contributed by atoms with Gasteiger partial charge < -0.3 is 4.74 Å². The van der Waals surface area contributed by atoms with Gasteiger partial charge in [0.25, 0.3) is 0 Å². The minimum atomic E-state index is -3.20. The summed E-state index contributed by atoms with van der Waals surface area (Å²) in [5.41, 5.74) is 0. The molecule has 1 unspecified atom stereocenters. The van der Waals surface area contributed by atoms with Crippen LogP contribution in [0.5, 0.6) is 0 Å². The molecule has 82 valence electrons. The van der Waals surface area contributed by atoms with E-state index < -0.39 is 9.84 Å². The summed E-state index contributed by atoms with van der Waals surface area (Å²) in [7, 11) is -3.20. The first-order valence-corrected chi connectivity index (χ1v) is 7.02. The molecule has 1 saturated heterocycles. The maximum absolute atomic E-state index is 12.1. The van der Waals surface area contributed by atoms with Crippen LogP contribution in [0, 0.1) is 0 Å². The van der Waals surface area contributed by atoms with Crippen LogP contribution in [0.15, 0.2) is 33.6 Å². The standard InChI is InChI=1S/C10H11BrO3S/c11-8-1-3-9(4-2-8)15(12,13)10-5-6-14-7-10/h1-4,10H,5-7H2. The topological polar surface area (TPSA) is 43.4 Å². The number of hydrogen-bond acceptors (Lipinski definition) is 3. The van der Waals surface area contributed by atoms with Gasteiger partial charge >= 0.3 is 0 Å². The summed E-state index contributed by atoms with van der Waals surface area (Å²) in [6, 6.07) is 6.72. The van der Waals surface area contributed by atoms with Crippen molar-refractivity contribution in [1.29, 1.82) is 0 Å². The first kappa shape index (κ1) is 11.1. The van der Waals surface area contributed by atoms with Crippen LogP contribution in [-0.4, -0.2) is 26.9 Å². The number of rotatable bonds is 2. The maximum Gasteiger partial charge on any atom is 0.183 e. The fraction of sp³-hybridized carbons (Fsp3) is 0.400. The second kappa shape index (κ2) is 4.23. The Kier molecular flexibility index (Phi) is 3.13. The van der Waals surface area contributed by atoms with E-state index in [1.165, 1.54) is 0 Å². The molecule has 5 heteroatoms. The normalized spacial score (nSPS) is 21.8. The van der Waals surface area contributed by atoms with E-state index in [1.54, 1.807) is 24.3 Å². The zero-order chi connectivity index (χ0) is 10.9. The van der Waals surface area contributed by atoms with E-state index in [0.717, 1.165) is 4.47 Å². The van der Waals surface area contributed by atoms with E-state index in [-0.39, 0.29) is 5.25 Å². The summed E-state index contributed by atoms with van der Waals surface area (Å²) in [4.78, 5) is 0.376. The molecule has 1 atom stereocenters. The monoisotopic (exact) mass is 290 g/mol. The van der Waals surface area contributed by atoms with Gasteiger partial charge in [0.2, 0.25) is 0 Å². The van der Waals surface area contributed by atoms with Gasteiger partial charge in [-0.05, 0) is 30.7 Å². The fourth-order valence-corrected chi connectivity index (χ4v) is 3.42. The van der Waals surface area contributed by atoms with E-state index in [1.807, 2.05) is 0 Å². The van der Waals surface area contributed by atoms with Gasteiger partial charge in [0.1, 0.15) is 0 Å². The molecule has 0 saturated carbocycles.